The van der Waals surface area contributed by atoms with Gasteiger partial charge in [-0.2, -0.15) is 5.26 Å². The predicted molar refractivity (Wildman–Crippen MR) is 85.1 cm³/mol. The van der Waals surface area contributed by atoms with Crippen LogP contribution in [0.4, 0.5) is 5.69 Å². The van der Waals surface area contributed by atoms with Crippen LogP contribution in [0.1, 0.15) is 24.5 Å². The number of nitrogens with zero attached hydrogens (tertiary/aromatic N) is 1. The van der Waals surface area contributed by atoms with Gasteiger partial charge in [0.15, 0.2) is 11.5 Å². The Morgan fingerprint density at radius 1 is 1.14 bits per heavy atom. The third-order valence-electron chi connectivity index (χ3n) is 3.73. The molecule has 4 nitrogen and oxygen atoms in total. The average Bonchev–Trinajstić information content (AvgIpc) is 3.01. The topological polar surface area (TPSA) is 54.3 Å². The molecule has 1 aliphatic rings. The minimum Gasteiger partial charge on any atom is -0.454 e. The smallest absolute Gasteiger partial charge is 0.231 e. The summed E-state index contributed by atoms with van der Waals surface area (Å²) in [5.74, 6) is 1.66. The van der Waals surface area contributed by atoms with Crippen molar-refractivity contribution in [1.82, 2.24) is 0 Å². The van der Waals surface area contributed by atoms with Crippen molar-refractivity contribution in [3.8, 4) is 17.6 Å². The third-order valence-corrected chi connectivity index (χ3v) is 3.73. The van der Waals surface area contributed by atoms with E-state index in [4.69, 9.17) is 14.7 Å². The van der Waals surface area contributed by atoms with E-state index < -0.39 is 0 Å². The zero-order valence-electron chi connectivity index (χ0n) is 12.5. The van der Waals surface area contributed by atoms with E-state index in [1.807, 2.05) is 30.3 Å². The molecular formula is C18H18N2O2. The minimum absolute atomic E-state index is 0.315. The number of aryl methyl sites for hydroxylation is 1. The van der Waals surface area contributed by atoms with Gasteiger partial charge < -0.3 is 14.8 Å². The van der Waals surface area contributed by atoms with Crippen molar-refractivity contribution in [3.05, 3.63) is 53.6 Å². The van der Waals surface area contributed by atoms with Gasteiger partial charge in [-0.1, -0.05) is 6.07 Å². The molecule has 1 atom stereocenters. The van der Waals surface area contributed by atoms with Crippen LogP contribution in [-0.4, -0.2) is 12.8 Å². The van der Waals surface area contributed by atoms with Gasteiger partial charge in [-0.15, -0.1) is 0 Å². The summed E-state index contributed by atoms with van der Waals surface area (Å²) in [6, 6.07) is 16.1. The fourth-order valence-electron chi connectivity index (χ4n) is 2.48. The van der Waals surface area contributed by atoms with Crippen LogP contribution in [-0.2, 0) is 6.42 Å². The van der Waals surface area contributed by atoms with Crippen LogP contribution in [0.25, 0.3) is 0 Å². The van der Waals surface area contributed by atoms with E-state index in [1.54, 1.807) is 0 Å². The monoisotopic (exact) mass is 294 g/mol. The summed E-state index contributed by atoms with van der Waals surface area (Å²) in [6.45, 7) is 2.47. The van der Waals surface area contributed by atoms with Crippen molar-refractivity contribution in [2.24, 2.45) is 0 Å². The van der Waals surface area contributed by atoms with E-state index in [0.29, 0.717) is 18.4 Å². The van der Waals surface area contributed by atoms with Crippen molar-refractivity contribution in [2.75, 3.05) is 12.1 Å². The standard InChI is InChI=1S/C18H18N2O2/c1-13(20-16-7-4-15(11-19)5-8-16)2-3-14-6-9-17-18(10-14)22-12-21-17/h4-10,13,20H,2-3,12H2,1H3. The summed E-state index contributed by atoms with van der Waals surface area (Å²) >= 11 is 0. The highest BCUT2D eigenvalue weighted by atomic mass is 16.7. The lowest BCUT2D eigenvalue weighted by molar-refractivity contribution is 0.174. The largest absolute Gasteiger partial charge is 0.454 e. The van der Waals surface area contributed by atoms with E-state index in [0.717, 1.165) is 30.0 Å². The van der Waals surface area contributed by atoms with E-state index >= 15 is 0 Å². The fourth-order valence-corrected chi connectivity index (χ4v) is 2.48. The van der Waals surface area contributed by atoms with Crippen molar-refractivity contribution in [2.45, 2.75) is 25.8 Å². The second kappa shape index (κ2) is 6.40. The van der Waals surface area contributed by atoms with E-state index in [9.17, 15) is 0 Å². The van der Waals surface area contributed by atoms with Crippen molar-refractivity contribution >= 4 is 5.69 Å². The number of anilines is 1. The molecule has 112 valence electrons. The van der Waals surface area contributed by atoms with Gasteiger partial charge in [0.2, 0.25) is 6.79 Å². The molecule has 0 spiro atoms. The maximum atomic E-state index is 8.80. The second-order valence-corrected chi connectivity index (χ2v) is 5.46. The molecule has 0 aromatic heterocycles. The van der Waals surface area contributed by atoms with Gasteiger partial charge in [0, 0.05) is 11.7 Å². The van der Waals surface area contributed by atoms with Crippen LogP contribution in [0, 0.1) is 11.3 Å². The summed E-state index contributed by atoms with van der Waals surface area (Å²) < 4.78 is 10.7. The van der Waals surface area contributed by atoms with E-state index in [2.05, 4.69) is 30.4 Å². The molecule has 0 radical (unpaired) electrons. The molecule has 0 fully saturated rings. The highest BCUT2D eigenvalue weighted by molar-refractivity contribution is 5.48. The van der Waals surface area contributed by atoms with Crippen LogP contribution >= 0.6 is 0 Å². The third kappa shape index (κ3) is 3.32. The van der Waals surface area contributed by atoms with Crippen LogP contribution in [0.3, 0.4) is 0 Å². The zero-order chi connectivity index (χ0) is 15.4. The number of hydrogen-bond donors (Lipinski definition) is 1. The molecule has 0 bridgehead atoms. The Bertz CT molecular complexity index is 689. The van der Waals surface area contributed by atoms with Crippen LogP contribution in [0.5, 0.6) is 11.5 Å². The first-order valence-corrected chi connectivity index (χ1v) is 7.40. The maximum absolute atomic E-state index is 8.80. The predicted octanol–water partition coefficient (Wildman–Crippen LogP) is 3.72. The Labute approximate surface area is 130 Å². The number of nitriles is 1. The normalized spacial score (nSPS) is 13.5. The molecule has 0 saturated heterocycles. The SMILES string of the molecule is CC(CCc1ccc2c(c1)OCO2)Nc1ccc(C#N)cc1. The molecule has 0 amide bonds. The Balaban J connectivity index is 1.53. The Hall–Kier alpha value is -2.67. The van der Waals surface area contributed by atoms with Gasteiger partial charge in [0.25, 0.3) is 0 Å². The highest BCUT2D eigenvalue weighted by Gasteiger charge is 2.13. The molecule has 0 aliphatic carbocycles. The van der Waals surface area contributed by atoms with Gasteiger partial charge >= 0.3 is 0 Å². The van der Waals surface area contributed by atoms with E-state index in [1.165, 1.54) is 5.56 Å². The molecular weight excluding hydrogens is 276 g/mol. The Morgan fingerprint density at radius 3 is 2.68 bits per heavy atom. The fraction of sp³-hybridized carbons (Fsp3) is 0.278. The number of hydrogen-bond acceptors (Lipinski definition) is 4. The molecule has 1 aliphatic heterocycles. The maximum Gasteiger partial charge on any atom is 0.231 e. The first kappa shape index (κ1) is 14.3. The molecule has 1 N–H and O–H groups in total. The summed E-state index contributed by atoms with van der Waals surface area (Å²) in [4.78, 5) is 0. The number of fused-ring (bicyclic) bond motifs is 1. The Kier molecular flexibility index (Phi) is 4.15. The molecule has 2 aromatic carbocycles. The quantitative estimate of drug-likeness (QED) is 0.913. The molecule has 2 aromatic rings. The van der Waals surface area contributed by atoms with E-state index in [-0.39, 0.29) is 0 Å². The highest BCUT2D eigenvalue weighted by Crippen LogP contribution is 2.32. The van der Waals surface area contributed by atoms with Gasteiger partial charge in [-0.25, -0.2) is 0 Å². The molecule has 1 unspecified atom stereocenters. The lowest BCUT2D eigenvalue weighted by atomic mass is 10.1. The molecule has 0 saturated carbocycles. The number of ether oxygens (including phenoxy) is 2. The van der Waals surface area contributed by atoms with Crippen molar-refractivity contribution in [3.63, 3.8) is 0 Å². The first-order chi connectivity index (χ1) is 10.7. The van der Waals surface area contributed by atoms with Crippen LogP contribution in [0.2, 0.25) is 0 Å². The van der Waals surface area contributed by atoms with Gasteiger partial charge in [-0.05, 0) is 61.7 Å². The molecule has 3 rings (SSSR count). The minimum atomic E-state index is 0.315. The summed E-state index contributed by atoms with van der Waals surface area (Å²) in [7, 11) is 0. The number of rotatable bonds is 5. The lowest BCUT2D eigenvalue weighted by Gasteiger charge is -2.15. The summed E-state index contributed by atoms with van der Waals surface area (Å²) in [6.07, 6.45) is 1.99. The van der Waals surface area contributed by atoms with Gasteiger partial charge in [-0.3, -0.25) is 0 Å². The lowest BCUT2D eigenvalue weighted by Crippen LogP contribution is -2.15. The zero-order valence-corrected chi connectivity index (χ0v) is 12.5. The second-order valence-electron chi connectivity index (χ2n) is 5.46. The molecule has 4 heteroatoms. The van der Waals surface area contributed by atoms with Crippen LogP contribution < -0.4 is 14.8 Å². The number of nitrogens with one attached hydrogen (secondary N) is 1. The van der Waals surface area contributed by atoms with Gasteiger partial charge in [0.05, 0.1) is 11.6 Å². The van der Waals surface area contributed by atoms with Crippen LogP contribution in [0.15, 0.2) is 42.5 Å². The molecule has 1 heterocycles. The Morgan fingerprint density at radius 2 is 1.91 bits per heavy atom. The summed E-state index contributed by atoms with van der Waals surface area (Å²) in [5.41, 5.74) is 2.97. The van der Waals surface area contributed by atoms with Gasteiger partial charge in [0.1, 0.15) is 0 Å². The average molecular weight is 294 g/mol. The summed E-state index contributed by atoms with van der Waals surface area (Å²) in [5, 5.41) is 12.2. The van der Waals surface area contributed by atoms with Crippen molar-refractivity contribution in [1.29, 1.82) is 5.26 Å². The first-order valence-electron chi connectivity index (χ1n) is 7.40. The number of benzene rings is 2. The van der Waals surface area contributed by atoms with Crippen molar-refractivity contribution < 1.29 is 9.47 Å². The molecule has 22 heavy (non-hydrogen) atoms.